The molecule has 1 aromatic heterocycles. The third-order valence-electron chi connectivity index (χ3n) is 2.35. The molecule has 0 aliphatic rings. The van der Waals surface area contributed by atoms with Gasteiger partial charge in [-0.15, -0.1) is 10.2 Å². The summed E-state index contributed by atoms with van der Waals surface area (Å²) in [6.07, 6.45) is 0. The molecule has 2 rings (SSSR count). The minimum Gasteiger partial charge on any atom is -0.363 e. The van der Waals surface area contributed by atoms with Crippen LogP contribution in [0, 0.1) is 6.92 Å². The number of amides is 1. The number of hydrogen-bond donors (Lipinski definition) is 2. The van der Waals surface area contributed by atoms with Gasteiger partial charge in [-0.3, -0.25) is 4.79 Å². The number of aromatic nitrogens is 2. The third kappa shape index (κ3) is 2.60. The summed E-state index contributed by atoms with van der Waals surface area (Å²) < 4.78 is 0. The van der Waals surface area contributed by atoms with Crippen LogP contribution in [-0.2, 0) is 0 Å². The molecule has 0 saturated carbocycles. The Morgan fingerprint density at radius 1 is 1.39 bits per heavy atom. The van der Waals surface area contributed by atoms with Crippen molar-refractivity contribution in [3.63, 3.8) is 0 Å². The van der Waals surface area contributed by atoms with Gasteiger partial charge >= 0.3 is 0 Å². The molecule has 0 fully saturated rings. The van der Waals surface area contributed by atoms with Gasteiger partial charge in [-0.2, -0.15) is 0 Å². The van der Waals surface area contributed by atoms with E-state index >= 15 is 0 Å². The summed E-state index contributed by atoms with van der Waals surface area (Å²) in [5.41, 5.74) is 1.50. The van der Waals surface area contributed by atoms with E-state index in [9.17, 15) is 4.79 Å². The van der Waals surface area contributed by atoms with E-state index in [2.05, 4.69) is 20.8 Å². The highest BCUT2D eigenvalue weighted by atomic mass is 35.5. The van der Waals surface area contributed by atoms with Gasteiger partial charge in [0.15, 0.2) is 0 Å². The minimum atomic E-state index is -0.292. The molecular weight excluding hydrogens is 272 g/mol. The van der Waals surface area contributed by atoms with Gasteiger partial charge in [-0.05, 0) is 24.6 Å². The van der Waals surface area contributed by atoms with Crippen molar-refractivity contribution < 1.29 is 4.79 Å². The predicted molar refractivity (Wildman–Crippen MR) is 73.6 cm³/mol. The smallest absolute Gasteiger partial charge is 0.286 e. The average molecular weight is 283 g/mol. The van der Waals surface area contributed by atoms with Crippen LogP contribution in [-0.4, -0.2) is 23.2 Å². The first-order valence-electron chi connectivity index (χ1n) is 5.19. The van der Waals surface area contributed by atoms with Crippen molar-refractivity contribution in [1.82, 2.24) is 10.2 Å². The van der Waals surface area contributed by atoms with Gasteiger partial charge in [-0.1, -0.05) is 29.0 Å². The number of halogens is 1. The first kappa shape index (κ1) is 12.8. The van der Waals surface area contributed by atoms with E-state index in [1.165, 1.54) is 11.3 Å². The van der Waals surface area contributed by atoms with Crippen LogP contribution >= 0.6 is 22.9 Å². The molecule has 1 amide bonds. The summed E-state index contributed by atoms with van der Waals surface area (Å²) in [5, 5.41) is 14.7. The Bertz CT molecular complexity index is 584. The van der Waals surface area contributed by atoms with Crippen molar-refractivity contribution in [3.05, 3.63) is 33.8 Å². The minimum absolute atomic E-state index is 0.292. The molecule has 5 nitrogen and oxygen atoms in total. The van der Waals surface area contributed by atoms with Crippen molar-refractivity contribution in [2.24, 2.45) is 0 Å². The number of nitrogens with one attached hydrogen (secondary N) is 2. The lowest BCUT2D eigenvalue weighted by atomic mass is 10.2. The monoisotopic (exact) mass is 282 g/mol. The van der Waals surface area contributed by atoms with Gasteiger partial charge in [0.1, 0.15) is 0 Å². The molecule has 94 valence electrons. The second-order valence-electron chi connectivity index (χ2n) is 3.53. The highest BCUT2D eigenvalue weighted by molar-refractivity contribution is 7.17. The van der Waals surface area contributed by atoms with Crippen LogP contribution in [0.5, 0.6) is 0 Å². The lowest BCUT2D eigenvalue weighted by molar-refractivity contribution is 0.102. The molecule has 0 spiro atoms. The normalized spacial score (nSPS) is 10.2. The van der Waals surface area contributed by atoms with Crippen LogP contribution in [0.2, 0.25) is 5.02 Å². The quantitative estimate of drug-likeness (QED) is 0.908. The Balaban J connectivity index is 2.18. The number of carbonyl (C=O) groups excluding carboxylic acids is 1. The first-order chi connectivity index (χ1) is 8.61. The molecule has 0 radical (unpaired) electrons. The molecule has 1 heterocycles. The van der Waals surface area contributed by atoms with E-state index in [1.54, 1.807) is 25.2 Å². The number of anilines is 2. The van der Waals surface area contributed by atoms with Gasteiger partial charge in [-0.25, -0.2) is 0 Å². The molecule has 2 aromatic rings. The molecule has 1 aromatic carbocycles. The SMILES string of the molecule is CNc1nnc(C(=O)Nc2cccc(Cl)c2C)s1. The predicted octanol–water partition coefficient (Wildman–Crippen LogP) is 2.79. The highest BCUT2D eigenvalue weighted by Gasteiger charge is 2.13. The van der Waals surface area contributed by atoms with E-state index in [-0.39, 0.29) is 5.91 Å². The van der Waals surface area contributed by atoms with Crippen LogP contribution in [0.1, 0.15) is 15.4 Å². The molecule has 0 aliphatic carbocycles. The Morgan fingerprint density at radius 3 is 2.83 bits per heavy atom. The summed E-state index contributed by atoms with van der Waals surface area (Å²) in [7, 11) is 1.73. The Labute approximate surface area is 113 Å². The van der Waals surface area contributed by atoms with Gasteiger partial charge in [0, 0.05) is 17.8 Å². The molecule has 0 bridgehead atoms. The highest BCUT2D eigenvalue weighted by Crippen LogP contribution is 2.24. The van der Waals surface area contributed by atoms with Gasteiger partial charge in [0.2, 0.25) is 10.1 Å². The van der Waals surface area contributed by atoms with E-state index < -0.39 is 0 Å². The molecule has 7 heteroatoms. The molecular formula is C11H11ClN4OS. The fraction of sp³-hybridized carbons (Fsp3) is 0.182. The largest absolute Gasteiger partial charge is 0.363 e. The number of hydrogen-bond acceptors (Lipinski definition) is 5. The van der Waals surface area contributed by atoms with Crippen molar-refractivity contribution >= 4 is 39.7 Å². The van der Waals surface area contributed by atoms with Crippen molar-refractivity contribution in [2.45, 2.75) is 6.92 Å². The summed E-state index contributed by atoms with van der Waals surface area (Å²) >= 11 is 7.18. The Kier molecular flexibility index (Phi) is 3.78. The zero-order valence-electron chi connectivity index (χ0n) is 9.82. The van der Waals surface area contributed by atoms with Crippen LogP contribution < -0.4 is 10.6 Å². The van der Waals surface area contributed by atoms with Gasteiger partial charge in [0.25, 0.3) is 5.91 Å². The van der Waals surface area contributed by atoms with E-state index in [0.29, 0.717) is 20.8 Å². The average Bonchev–Trinajstić information content (AvgIpc) is 2.83. The maximum absolute atomic E-state index is 11.9. The van der Waals surface area contributed by atoms with Crippen molar-refractivity contribution in [1.29, 1.82) is 0 Å². The van der Waals surface area contributed by atoms with Crippen LogP contribution in [0.25, 0.3) is 0 Å². The summed E-state index contributed by atoms with van der Waals surface area (Å²) in [4.78, 5) is 11.9. The Morgan fingerprint density at radius 2 is 2.17 bits per heavy atom. The van der Waals surface area contributed by atoms with Crippen LogP contribution in [0.4, 0.5) is 10.8 Å². The molecule has 18 heavy (non-hydrogen) atoms. The molecule has 0 saturated heterocycles. The number of carbonyl (C=O) groups is 1. The van der Waals surface area contributed by atoms with Crippen molar-refractivity contribution in [2.75, 3.05) is 17.7 Å². The van der Waals surface area contributed by atoms with Crippen LogP contribution in [0.3, 0.4) is 0 Å². The van der Waals surface area contributed by atoms with E-state index in [1.807, 2.05) is 6.92 Å². The second kappa shape index (κ2) is 5.32. The topological polar surface area (TPSA) is 66.9 Å². The van der Waals surface area contributed by atoms with Crippen LogP contribution in [0.15, 0.2) is 18.2 Å². The lowest BCUT2D eigenvalue weighted by Gasteiger charge is -2.07. The molecule has 0 aliphatic heterocycles. The fourth-order valence-electron chi connectivity index (χ4n) is 1.33. The number of benzene rings is 1. The lowest BCUT2D eigenvalue weighted by Crippen LogP contribution is -2.12. The number of nitrogens with zero attached hydrogens (tertiary/aromatic N) is 2. The summed E-state index contributed by atoms with van der Waals surface area (Å²) in [5.74, 6) is -0.292. The summed E-state index contributed by atoms with van der Waals surface area (Å²) in [6.45, 7) is 1.84. The van der Waals surface area contributed by atoms with Gasteiger partial charge < -0.3 is 10.6 Å². The zero-order chi connectivity index (χ0) is 13.1. The molecule has 0 unspecified atom stereocenters. The van der Waals surface area contributed by atoms with Gasteiger partial charge in [0.05, 0.1) is 0 Å². The molecule has 0 atom stereocenters. The fourth-order valence-corrected chi connectivity index (χ4v) is 2.10. The Hall–Kier alpha value is -1.66. The number of rotatable bonds is 3. The first-order valence-corrected chi connectivity index (χ1v) is 6.39. The van der Waals surface area contributed by atoms with E-state index in [0.717, 1.165) is 5.56 Å². The van der Waals surface area contributed by atoms with Crippen molar-refractivity contribution in [3.8, 4) is 0 Å². The summed E-state index contributed by atoms with van der Waals surface area (Å²) in [6, 6.07) is 5.35. The zero-order valence-corrected chi connectivity index (χ0v) is 11.4. The second-order valence-corrected chi connectivity index (χ2v) is 4.91. The standard InChI is InChI=1S/C11H11ClN4OS/c1-6-7(12)4-3-5-8(6)14-9(17)10-15-16-11(13-2)18-10/h3-5H,1-2H3,(H,13,16)(H,14,17). The third-order valence-corrected chi connectivity index (χ3v) is 3.70. The molecule has 2 N–H and O–H groups in total. The maximum Gasteiger partial charge on any atom is 0.286 e. The maximum atomic E-state index is 11.9. The van der Waals surface area contributed by atoms with E-state index in [4.69, 9.17) is 11.6 Å².